The SMILES string of the molecule is CCOc1cccc(C2c3c(oc4ccccc4c3=O)C(=O)N2CCN(CC)CC)c1. The number of carbonyl (C=O) groups excluding carboxylic acids is 1. The topological polar surface area (TPSA) is 63.0 Å². The number of fused-ring (bicyclic) bond motifs is 2. The van der Waals surface area contributed by atoms with Gasteiger partial charge in [0.2, 0.25) is 5.76 Å². The Balaban J connectivity index is 1.85. The standard InChI is InChI=1S/C25H28N2O4/c1-4-26(5-2)14-15-27-22(17-10-9-11-18(16-17)30-6-3)21-23(28)19-12-7-8-13-20(19)31-24(21)25(27)29/h7-13,16,22H,4-6,14-15H2,1-3H3. The van der Waals surface area contributed by atoms with Crippen LogP contribution < -0.4 is 10.2 Å². The van der Waals surface area contributed by atoms with Crippen LogP contribution in [0.4, 0.5) is 0 Å². The van der Waals surface area contributed by atoms with E-state index in [2.05, 4.69) is 18.7 Å². The van der Waals surface area contributed by atoms with E-state index in [4.69, 9.17) is 9.15 Å². The molecular formula is C25H28N2O4. The van der Waals surface area contributed by atoms with Crippen molar-refractivity contribution in [2.24, 2.45) is 0 Å². The molecule has 1 aromatic heterocycles. The highest BCUT2D eigenvalue weighted by atomic mass is 16.5. The summed E-state index contributed by atoms with van der Waals surface area (Å²) in [5.74, 6) is 0.627. The molecular weight excluding hydrogens is 392 g/mol. The average molecular weight is 421 g/mol. The van der Waals surface area contributed by atoms with Gasteiger partial charge in [-0.05, 0) is 49.8 Å². The van der Waals surface area contributed by atoms with E-state index in [1.165, 1.54) is 0 Å². The molecule has 1 amide bonds. The predicted octanol–water partition coefficient (Wildman–Crippen LogP) is 4.08. The molecule has 162 valence electrons. The molecule has 0 N–H and O–H groups in total. The molecule has 6 heteroatoms. The molecule has 0 aliphatic carbocycles. The summed E-state index contributed by atoms with van der Waals surface area (Å²) in [5, 5.41) is 0.491. The monoisotopic (exact) mass is 420 g/mol. The molecule has 0 saturated heterocycles. The zero-order chi connectivity index (χ0) is 22.0. The van der Waals surface area contributed by atoms with Gasteiger partial charge in [0.25, 0.3) is 5.91 Å². The van der Waals surface area contributed by atoms with Gasteiger partial charge >= 0.3 is 0 Å². The van der Waals surface area contributed by atoms with Gasteiger partial charge < -0.3 is 19.0 Å². The van der Waals surface area contributed by atoms with Crippen LogP contribution in [0.5, 0.6) is 5.75 Å². The number of benzene rings is 2. The largest absolute Gasteiger partial charge is 0.494 e. The van der Waals surface area contributed by atoms with Gasteiger partial charge in [-0.2, -0.15) is 0 Å². The van der Waals surface area contributed by atoms with E-state index in [1.807, 2.05) is 37.3 Å². The lowest BCUT2D eigenvalue weighted by Gasteiger charge is -2.28. The van der Waals surface area contributed by atoms with Gasteiger partial charge in [0, 0.05) is 13.1 Å². The third kappa shape index (κ3) is 3.83. The van der Waals surface area contributed by atoms with Crippen molar-refractivity contribution in [2.45, 2.75) is 26.8 Å². The van der Waals surface area contributed by atoms with Crippen LogP contribution in [0.1, 0.15) is 48.5 Å². The van der Waals surface area contributed by atoms with Crippen molar-refractivity contribution in [1.29, 1.82) is 0 Å². The second-order valence-corrected chi connectivity index (χ2v) is 7.60. The molecule has 3 aromatic rings. The van der Waals surface area contributed by atoms with Crippen molar-refractivity contribution in [2.75, 3.05) is 32.8 Å². The van der Waals surface area contributed by atoms with Crippen LogP contribution in [-0.4, -0.2) is 48.5 Å². The van der Waals surface area contributed by atoms with Gasteiger partial charge in [-0.3, -0.25) is 9.59 Å². The normalized spacial score (nSPS) is 15.7. The van der Waals surface area contributed by atoms with E-state index < -0.39 is 6.04 Å². The highest BCUT2D eigenvalue weighted by molar-refractivity contribution is 5.99. The summed E-state index contributed by atoms with van der Waals surface area (Å²) in [5.41, 5.74) is 1.55. The fourth-order valence-electron chi connectivity index (χ4n) is 4.27. The zero-order valence-electron chi connectivity index (χ0n) is 18.3. The number of hydrogen-bond donors (Lipinski definition) is 0. The molecule has 2 heterocycles. The minimum Gasteiger partial charge on any atom is -0.494 e. The molecule has 1 atom stereocenters. The molecule has 0 spiro atoms. The summed E-state index contributed by atoms with van der Waals surface area (Å²) < 4.78 is 11.7. The maximum Gasteiger partial charge on any atom is 0.290 e. The fourth-order valence-corrected chi connectivity index (χ4v) is 4.27. The molecule has 1 unspecified atom stereocenters. The molecule has 31 heavy (non-hydrogen) atoms. The Hall–Kier alpha value is -3.12. The van der Waals surface area contributed by atoms with Crippen LogP contribution in [0.15, 0.2) is 57.7 Å². The first kappa shape index (κ1) is 21.1. The number of para-hydroxylation sites is 1. The van der Waals surface area contributed by atoms with Crippen molar-refractivity contribution >= 4 is 16.9 Å². The van der Waals surface area contributed by atoms with Gasteiger partial charge in [0.15, 0.2) is 5.43 Å². The lowest BCUT2D eigenvalue weighted by atomic mass is 9.98. The van der Waals surface area contributed by atoms with Crippen LogP contribution in [0, 0.1) is 0 Å². The molecule has 1 aliphatic heterocycles. The summed E-state index contributed by atoms with van der Waals surface area (Å²) in [4.78, 5) is 30.9. The third-order valence-electron chi connectivity index (χ3n) is 5.91. The summed E-state index contributed by atoms with van der Waals surface area (Å²) >= 11 is 0. The van der Waals surface area contributed by atoms with Crippen molar-refractivity contribution in [1.82, 2.24) is 9.80 Å². The lowest BCUT2D eigenvalue weighted by molar-refractivity contribution is 0.0708. The van der Waals surface area contributed by atoms with E-state index in [0.29, 0.717) is 29.7 Å². The lowest BCUT2D eigenvalue weighted by Crippen LogP contribution is -2.37. The Labute approximate surface area is 182 Å². The zero-order valence-corrected chi connectivity index (χ0v) is 18.3. The number of carbonyl (C=O) groups is 1. The average Bonchev–Trinajstić information content (AvgIpc) is 3.07. The first-order chi connectivity index (χ1) is 15.1. The molecule has 1 aliphatic rings. The van der Waals surface area contributed by atoms with Crippen LogP contribution in [0.3, 0.4) is 0 Å². The van der Waals surface area contributed by atoms with E-state index in [-0.39, 0.29) is 17.1 Å². The predicted molar refractivity (Wildman–Crippen MR) is 121 cm³/mol. The second kappa shape index (κ2) is 8.94. The molecule has 0 radical (unpaired) electrons. The Morgan fingerprint density at radius 2 is 1.81 bits per heavy atom. The molecule has 6 nitrogen and oxygen atoms in total. The Morgan fingerprint density at radius 1 is 1.03 bits per heavy atom. The highest BCUT2D eigenvalue weighted by Gasteiger charge is 2.42. The molecule has 0 bridgehead atoms. The molecule has 4 rings (SSSR count). The molecule has 0 fully saturated rings. The highest BCUT2D eigenvalue weighted by Crippen LogP contribution is 2.38. The molecule has 2 aromatic carbocycles. The van der Waals surface area contributed by atoms with Crippen molar-refractivity contribution in [3.63, 3.8) is 0 Å². The van der Waals surface area contributed by atoms with E-state index in [1.54, 1.807) is 23.1 Å². The maximum absolute atomic E-state index is 13.5. The van der Waals surface area contributed by atoms with Gasteiger partial charge in [-0.25, -0.2) is 0 Å². The van der Waals surface area contributed by atoms with Gasteiger partial charge in [0.05, 0.1) is 23.6 Å². The van der Waals surface area contributed by atoms with Gasteiger partial charge in [-0.1, -0.05) is 38.1 Å². The van der Waals surface area contributed by atoms with Crippen LogP contribution in [0.25, 0.3) is 11.0 Å². The van der Waals surface area contributed by atoms with Gasteiger partial charge in [-0.15, -0.1) is 0 Å². The Morgan fingerprint density at radius 3 is 2.55 bits per heavy atom. The summed E-state index contributed by atoms with van der Waals surface area (Å²) in [7, 11) is 0. The van der Waals surface area contributed by atoms with Crippen molar-refractivity contribution in [3.05, 3.63) is 75.6 Å². The smallest absolute Gasteiger partial charge is 0.290 e. The first-order valence-electron chi connectivity index (χ1n) is 10.9. The van der Waals surface area contributed by atoms with E-state index in [9.17, 15) is 9.59 Å². The fraction of sp³-hybridized carbons (Fsp3) is 0.360. The summed E-state index contributed by atoms with van der Waals surface area (Å²) in [6, 6.07) is 14.2. The minimum absolute atomic E-state index is 0.148. The number of likely N-dealkylation sites (N-methyl/N-ethyl adjacent to an activating group) is 1. The number of hydrogen-bond acceptors (Lipinski definition) is 5. The Bertz CT molecular complexity index is 1150. The van der Waals surface area contributed by atoms with Crippen molar-refractivity contribution < 1.29 is 13.9 Å². The number of nitrogens with zero attached hydrogens (tertiary/aromatic N) is 2. The summed E-state index contributed by atoms with van der Waals surface area (Å²) in [6.45, 7) is 9.70. The van der Waals surface area contributed by atoms with E-state index >= 15 is 0 Å². The number of ether oxygens (including phenoxy) is 1. The quantitative estimate of drug-likeness (QED) is 0.550. The summed E-state index contributed by atoms with van der Waals surface area (Å²) in [6.07, 6.45) is 0. The second-order valence-electron chi connectivity index (χ2n) is 7.60. The minimum atomic E-state index is -0.501. The van der Waals surface area contributed by atoms with Crippen LogP contribution >= 0.6 is 0 Å². The van der Waals surface area contributed by atoms with Crippen LogP contribution in [-0.2, 0) is 0 Å². The van der Waals surface area contributed by atoms with Crippen LogP contribution in [0.2, 0.25) is 0 Å². The third-order valence-corrected chi connectivity index (χ3v) is 5.91. The Kier molecular flexibility index (Phi) is 6.09. The number of rotatable bonds is 8. The maximum atomic E-state index is 13.5. The first-order valence-corrected chi connectivity index (χ1v) is 10.9. The van der Waals surface area contributed by atoms with E-state index in [0.717, 1.165) is 30.9 Å². The molecule has 0 saturated carbocycles. The van der Waals surface area contributed by atoms with Gasteiger partial charge in [0.1, 0.15) is 11.3 Å². The number of amides is 1. The van der Waals surface area contributed by atoms with Crippen molar-refractivity contribution in [3.8, 4) is 5.75 Å².